The van der Waals surface area contributed by atoms with E-state index in [1.165, 1.54) is 0 Å². The third kappa shape index (κ3) is 9.67. The Balaban J connectivity index is 3.42. The Bertz CT molecular complexity index is 194. The molecule has 0 bridgehead atoms. The van der Waals surface area contributed by atoms with Gasteiger partial charge in [0.15, 0.2) is 0 Å². The van der Waals surface area contributed by atoms with Crippen molar-refractivity contribution in [1.82, 2.24) is 5.32 Å². The monoisotopic (exact) mass is 214 g/mol. The van der Waals surface area contributed by atoms with Crippen LogP contribution in [0.4, 0.5) is 0 Å². The summed E-state index contributed by atoms with van der Waals surface area (Å²) in [6, 6.07) is 1.92. The van der Waals surface area contributed by atoms with Gasteiger partial charge < -0.3 is 14.8 Å². The normalized spacial score (nSPS) is 13.5. The molecule has 0 aliphatic rings. The van der Waals surface area contributed by atoms with Crippen molar-refractivity contribution >= 4 is 0 Å². The molecule has 0 spiro atoms. The SMILES string of the molecule is CCNC(C#N)COCCOC(C)(C)C. The van der Waals surface area contributed by atoms with E-state index in [9.17, 15) is 0 Å². The Morgan fingerprint density at radius 2 is 2.00 bits per heavy atom. The van der Waals surface area contributed by atoms with Crippen molar-refractivity contribution in [3.8, 4) is 6.07 Å². The maximum Gasteiger partial charge on any atom is 0.119 e. The first-order valence-corrected chi connectivity index (χ1v) is 5.34. The number of nitriles is 1. The van der Waals surface area contributed by atoms with Gasteiger partial charge >= 0.3 is 0 Å². The lowest BCUT2D eigenvalue weighted by atomic mass is 10.2. The summed E-state index contributed by atoms with van der Waals surface area (Å²) >= 11 is 0. The lowest BCUT2D eigenvalue weighted by molar-refractivity contribution is -0.0358. The van der Waals surface area contributed by atoms with Gasteiger partial charge in [0.1, 0.15) is 6.04 Å². The Hall–Kier alpha value is -0.630. The maximum absolute atomic E-state index is 8.72. The zero-order chi connectivity index (χ0) is 11.7. The Morgan fingerprint density at radius 1 is 1.33 bits per heavy atom. The molecule has 1 unspecified atom stereocenters. The number of ether oxygens (including phenoxy) is 2. The van der Waals surface area contributed by atoms with Crippen LogP contribution in [0.3, 0.4) is 0 Å². The van der Waals surface area contributed by atoms with Crippen LogP contribution < -0.4 is 5.32 Å². The van der Waals surface area contributed by atoms with E-state index in [-0.39, 0.29) is 11.6 Å². The van der Waals surface area contributed by atoms with Gasteiger partial charge in [0.2, 0.25) is 0 Å². The lowest BCUT2D eigenvalue weighted by Gasteiger charge is -2.19. The van der Waals surface area contributed by atoms with Crippen molar-refractivity contribution in [3.05, 3.63) is 0 Å². The summed E-state index contributed by atoms with van der Waals surface area (Å²) in [7, 11) is 0. The minimum atomic E-state index is -0.218. The van der Waals surface area contributed by atoms with E-state index in [2.05, 4.69) is 11.4 Å². The van der Waals surface area contributed by atoms with Gasteiger partial charge in [-0.25, -0.2) is 0 Å². The molecule has 0 radical (unpaired) electrons. The molecule has 0 aromatic heterocycles. The largest absolute Gasteiger partial charge is 0.376 e. The fraction of sp³-hybridized carbons (Fsp3) is 0.909. The molecule has 0 saturated heterocycles. The van der Waals surface area contributed by atoms with Crippen molar-refractivity contribution in [2.24, 2.45) is 0 Å². The molecule has 0 aromatic carbocycles. The number of nitrogens with zero attached hydrogens (tertiary/aromatic N) is 1. The van der Waals surface area contributed by atoms with Crippen molar-refractivity contribution in [2.75, 3.05) is 26.4 Å². The van der Waals surface area contributed by atoms with Crippen LogP contribution in [0.5, 0.6) is 0 Å². The number of rotatable bonds is 7. The third-order valence-corrected chi connectivity index (χ3v) is 1.65. The van der Waals surface area contributed by atoms with E-state index in [4.69, 9.17) is 14.7 Å². The van der Waals surface area contributed by atoms with Crippen LogP contribution in [0, 0.1) is 11.3 Å². The summed E-state index contributed by atoms with van der Waals surface area (Å²) in [6.07, 6.45) is 0. The molecule has 0 aliphatic heterocycles. The molecule has 15 heavy (non-hydrogen) atoms. The van der Waals surface area contributed by atoms with Gasteiger partial charge in [-0.05, 0) is 27.3 Å². The molecular formula is C11H22N2O2. The van der Waals surface area contributed by atoms with Crippen LogP contribution in [-0.2, 0) is 9.47 Å². The first kappa shape index (κ1) is 14.4. The Labute approximate surface area is 92.6 Å². The summed E-state index contributed by atoms with van der Waals surface area (Å²) in [5, 5.41) is 11.7. The topological polar surface area (TPSA) is 54.3 Å². The fourth-order valence-electron chi connectivity index (χ4n) is 0.996. The molecule has 1 N–H and O–H groups in total. The van der Waals surface area contributed by atoms with Gasteiger partial charge in [-0.2, -0.15) is 5.26 Å². The van der Waals surface area contributed by atoms with Crippen LogP contribution in [0.2, 0.25) is 0 Å². The van der Waals surface area contributed by atoms with Gasteiger partial charge in [0, 0.05) is 0 Å². The van der Waals surface area contributed by atoms with Crippen LogP contribution in [0.25, 0.3) is 0 Å². The molecule has 0 fully saturated rings. The lowest BCUT2D eigenvalue weighted by Crippen LogP contribution is -2.32. The number of hydrogen-bond donors (Lipinski definition) is 1. The average Bonchev–Trinajstić information content (AvgIpc) is 2.14. The molecule has 0 rings (SSSR count). The predicted molar refractivity (Wildman–Crippen MR) is 59.6 cm³/mol. The molecule has 0 saturated carbocycles. The van der Waals surface area contributed by atoms with Gasteiger partial charge in [0.05, 0.1) is 31.5 Å². The van der Waals surface area contributed by atoms with Crippen LogP contribution in [0.15, 0.2) is 0 Å². The highest BCUT2D eigenvalue weighted by Gasteiger charge is 2.09. The molecule has 0 amide bonds. The van der Waals surface area contributed by atoms with E-state index < -0.39 is 0 Å². The number of hydrogen-bond acceptors (Lipinski definition) is 4. The Kier molecular flexibility index (Phi) is 7.31. The summed E-state index contributed by atoms with van der Waals surface area (Å²) in [5.41, 5.74) is -0.125. The quantitative estimate of drug-likeness (QED) is 0.649. The average molecular weight is 214 g/mol. The summed E-state index contributed by atoms with van der Waals surface area (Å²) in [4.78, 5) is 0. The highest BCUT2D eigenvalue weighted by Crippen LogP contribution is 2.05. The second-order valence-corrected chi connectivity index (χ2v) is 4.28. The third-order valence-electron chi connectivity index (χ3n) is 1.65. The molecule has 0 aliphatic carbocycles. The van der Waals surface area contributed by atoms with Gasteiger partial charge in [-0.3, -0.25) is 0 Å². The smallest absolute Gasteiger partial charge is 0.119 e. The zero-order valence-electron chi connectivity index (χ0n) is 10.2. The molecule has 0 aromatic rings. The van der Waals surface area contributed by atoms with E-state index in [0.717, 1.165) is 6.54 Å². The van der Waals surface area contributed by atoms with E-state index in [0.29, 0.717) is 19.8 Å². The first-order chi connectivity index (χ1) is 6.99. The minimum absolute atomic E-state index is 0.125. The molecule has 0 heterocycles. The van der Waals surface area contributed by atoms with Crippen LogP contribution in [0.1, 0.15) is 27.7 Å². The zero-order valence-corrected chi connectivity index (χ0v) is 10.2. The summed E-state index contributed by atoms with van der Waals surface area (Å²) in [5.74, 6) is 0. The number of nitrogens with one attached hydrogen (secondary N) is 1. The second kappa shape index (κ2) is 7.63. The van der Waals surface area contributed by atoms with Gasteiger partial charge in [-0.15, -0.1) is 0 Å². The predicted octanol–water partition coefficient (Wildman–Crippen LogP) is 1.32. The summed E-state index contributed by atoms with van der Waals surface area (Å²) < 4.78 is 10.8. The van der Waals surface area contributed by atoms with Gasteiger partial charge in [0.25, 0.3) is 0 Å². The van der Waals surface area contributed by atoms with Crippen molar-refractivity contribution in [3.63, 3.8) is 0 Å². The van der Waals surface area contributed by atoms with Crippen LogP contribution >= 0.6 is 0 Å². The molecule has 4 nitrogen and oxygen atoms in total. The molecule has 1 atom stereocenters. The standard InChI is InChI=1S/C11H22N2O2/c1-5-13-10(8-12)9-14-6-7-15-11(2,3)4/h10,13H,5-7,9H2,1-4H3. The summed E-state index contributed by atoms with van der Waals surface area (Å²) in [6.45, 7) is 10.3. The highest BCUT2D eigenvalue weighted by atomic mass is 16.5. The van der Waals surface area contributed by atoms with Gasteiger partial charge in [-0.1, -0.05) is 6.92 Å². The second-order valence-electron chi connectivity index (χ2n) is 4.28. The first-order valence-electron chi connectivity index (χ1n) is 5.34. The van der Waals surface area contributed by atoms with E-state index >= 15 is 0 Å². The molecular weight excluding hydrogens is 192 g/mol. The van der Waals surface area contributed by atoms with E-state index in [1.807, 2.05) is 27.7 Å². The fourth-order valence-corrected chi connectivity index (χ4v) is 0.996. The minimum Gasteiger partial charge on any atom is -0.376 e. The number of likely N-dealkylation sites (N-methyl/N-ethyl adjacent to an activating group) is 1. The van der Waals surface area contributed by atoms with Crippen molar-refractivity contribution < 1.29 is 9.47 Å². The van der Waals surface area contributed by atoms with Crippen LogP contribution in [-0.4, -0.2) is 38.0 Å². The van der Waals surface area contributed by atoms with E-state index in [1.54, 1.807) is 0 Å². The molecule has 4 heteroatoms. The Morgan fingerprint density at radius 3 is 2.47 bits per heavy atom. The maximum atomic E-state index is 8.72. The molecule has 88 valence electrons. The van der Waals surface area contributed by atoms with Crippen molar-refractivity contribution in [2.45, 2.75) is 39.3 Å². The van der Waals surface area contributed by atoms with Crippen molar-refractivity contribution in [1.29, 1.82) is 5.26 Å². The highest BCUT2D eigenvalue weighted by molar-refractivity contribution is 4.88.